The monoisotopic (exact) mass is 421 g/mol. The van der Waals surface area contributed by atoms with Gasteiger partial charge in [0.1, 0.15) is 11.5 Å². The van der Waals surface area contributed by atoms with Gasteiger partial charge in [0.15, 0.2) is 0 Å². The first-order valence-corrected chi connectivity index (χ1v) is 9.94. The number of hydrogen-bond acceptors (Lipinski definition) is 4. The molecular formula is C24H20ClNO4. The quantitative estimate of drug-likeness (QED) is 0.431. The number of amides is 1. The van der Waals surface area contributed by atoms with Gasteiger partial charge >= 0.3 is 5.97 Å². The van der Waals surface area contributed by atoms with Crippen molar-refractivity contribution >= 4 is 29.2 Å². The van der Waals surface area contributed by atoms with Gasteiger partial charge in [-0.05, 0) is 41.5 Å². The molecule has 1 amide bonds. The molecule has 1 heterocycles. The van der Waals surface area contributed by atoms with Crippen LogP contribution in [0.25, 0.3) is 11.1 Å². The van der Waals surface area contributed by atoms with Crippen LogP contribution in [0, 0.1) is 5.92 Å². The van der Waals surface area contributed by atoms with Crippen molar-refractivity contribution in [2.75, 3.05) is 18.6 Å². The number of carbonyl (C=O) groups is 2. The van der Waals surface area contributed by atoms with E-state index in [1.807, 2.05) is 42.5 Å². The van der Waals surface area contributed by atoms with Gasteiger partial charge in [0.25, 0.3) is 0 Å². The van der Waals surface area contributed by atoms with Crippen LogP contribution < -0.4 is 14.4 Å². The first kappa shape index (κ1) is 20.0. The molecule has 30 heavy (non-hydrogen) atoms. The minimum atomic E-state index is -0.560. The molecule has 152 valence electrons. The van der Waals surface area contributed by atoms with E-state index in [1.165, 1.54) is 12.0 Å². The Morgan fingerprint density at radius 3 is 2.40 bits per heavy atom. The van der Waals surface area contributed by atoms with E-state index in [9.17, 15) is 9.59 Å². The molecule has 1 atom stereocenters. The van der Waals surface area contributed by atoms with Gasteiger partial charge in [-0.3, -0.25) is 9.59 Å². The summed E-state index contributed by atoms with van der Waals surface area (Å²) in [7, 11) is 1.53. The minimum absolute atomic E-state index is 0.0800. The summed E-state index contributed by atoms with van der Waals surface area (Å²) in [5, 5.41) is 0.489. The summed E-state index contributed by atoms with van der Waals surface area (Å²) < 4.78 is 10.9. The van der Waals surface area contributed by atoms with E-state index in [0.29, 0.717) is 22.2 Å². The van der Waals surface area contributed by atoms with Crippen molar-refractivity contribution < 1.29 is 19.1 Å². The van der Waals surface area contributed by atoms with E-state index in [0.717, 1.165) is 11.1 Å². The lowest BCUT2D eigenvalue weighted by Crippen LogP contribution is -2.27. The van der Waals surface area contributed by atoms with Crippen LogP contribution in [-0.2, 0) is 9.59 Å². The Bertz CT molecular complexity index is 1070. The third-order valence-corrected chi connectivity index (χ3v) is 5.31. The number of esters is 1. The van der Waals surface area contributed by atoms with Crippen molar-refractivity contribution in [1.29, 1.82) is 0 Å². The summed E-state index contributed by atoms with van der Waals surface area (Å²) in [4.78, 5) is 26.7. The fourth-order valence-electron chi connectivity index (χ4n) is 3.52. The summed E-state index contributed by atoms with van der Waals surface area (Å²) in [6, 6.07) is 22.3. The lowest BCUT2D eigenvalue weighted by molar-refractivity contribution is -0.139. The molecule has 5 nitrogen and oxygen atoms in total. The zero-order chi connectivity index (χ0) is 21.1. The van der Waals surface area contributed by atoms with Crippen LogP contribution in [0.2, 0.25) is 5.02 Å². The van der Waals surface area contributed by atoms with E-state index in [4.69, 9.17) is 21.1 Å². The highest BCUT2D eigenvalue weighted by Crippen LogP contribution is 2.35. The van der Waals surface area contributed by atoms with Crippen LogP contribution in [0.4, 0.5) is 5.69 Å². The molecule has 1 aliphatic rings. The van der Waals surface area contributed by atoms with Crippen molar-refractivity contribution in [1.82, 2.24) is 0 Å². The zero-order valence-electron chi connectivity index (χ0n) is 16.4. The molecule has 0 radical (unpaired) electrons. The maximum atomic E-state index is 12.7. The fourth-order valence-corrected chi connectivity index (χ4v) is 3.68. The Kier molecular flexibility index (Phi) is 5.72. The van der Waals surface area contributed by atoms with Crippen LogP contribution >= 0.6 is 11.6 Å². The van der Waals surface area contributed by atoms with Crippen LogP contribution in [-0.4, -0.2) is 25.5 Å². The molecule has 3 aromatic rings. The van der Waals surface area contributed by atoms with Crippen LogP contribution in [0.15, 0.2) is 72.8 Å². The highest BCUT2D eigenvalue weighted by molar-refractivity contribution is 6.31. The summed E-state index contributed by atoms with van der Waals surface area (Å²) in [5.41, 5.74) is 2.67. The molecule has 6 heteroatoms. The van der Waals surface area contributed by atoms with Gasteiger partial charge < -0.3 is 14.4 Å². The van der Waals surface area contributed by atoms with Crippen LogP contribution in [0.5, 0.6) is 11.5 Å². The predicted octanol–water partition coefficient (Wildman–Crippen LogP) is 4.97. The number of methoxy groups -OCH3 is 1. The van der Waals surface area contributed by atoms with Crippen molar-refractivity contribution in [3.8, 4) is 22.6 Å². The van der Waals surface area contributed by atoms with Crippen molar-refractivity contribution in [3.05, 3.63) is 77.8 Å². The Morgan fingerprint density at radius 1 is 1.00 bits per heavy atom. The number of carbonyl (C=O) groups excluding carboxylic acids is 2. The Hall–Kier alpha value is -3.31. The number of benzene rings is 3. The predicted molar refractivity (Wildman–Crippen MR) is 116 cm³/mol. The topological polar surface area (TPSA) is 55.8 Å². The highest BCUT2D eigenvalue weighted by atomic mass is 35.5. The number of halogens is 1. The molecule has 1 fully saturated rings. The molecule has 3 aromatic carbocycles. The Morgan fingerprint density at radius 2 is 1.70 bits per heavy atom. The van der Waals surface area contributed by atoms with E-state index >= 15 is 0 Å². The first-order valence-electron chi connectivity index (χ1n) is 9.56. The van der Waals surface area contributed by atoms with Gasteiger partial charge in [-0.2, -0.15) is 0 Å². The maximum Gasteiger partial charge on any atom is 0.316 e. The SMILES string of the molecule is COc1ccc(Cl)cc1N1C[C@H](C(=O)Oc2ccc(-c3ccccc3)cc2)CC1=O. The third-order valence-electron chi connectivity index (χ3n) is 5.07. The second kappa shape index (κ2) is 8.59. The number of nitrogens with zero attached hydrogens (tertiary/aromatic N) is 1. The number of hydrogen-bond donors (Lipinski definition) is 0. The molecule has 0 unspecified atom stereocenters. The average Bonchev–Trinajstić information content (AvgIpc) is 3.16. The third kappa shape index (κ3) is 4.16. The van der Waals surface area contributed by atoms with E-state index in [1.54, 1.807) is 30.3 Å². The molecule has 0 aromatic heterocycles. The summed E-state index contributed by atoms with van der Waals surface area (Å²) in [6.45, 7) is 0.219. The molecule has 0 spiro atoms. The largest absolute Gasteiger partial charge is 0.495 e. The minimum Gasteiger partial charge on any atom is -0.495 e. The van der Waals surface area contributed by atoms with Crippen LogP contribution in [0.1, 0.15) is 6.42 Å². The van der Waals surface area contributed by atoms with Crippen molar-refractivity contribution in [3.63, 3.8) is 0 Å². The number of anilines is 1. The summed E-state index contributed by atoms with van der Waals surface area (Å²) in [5.74, 6) is -0.185. The lowest BCUT2D eigenvalue weighted by atomic mass is 10.1. The number of rotatable bonds is 5. The second-order valence-corrected chi connectivity index (χ2v) is 7.47. The lowest BCUT2D eigenvalue weighted by Gasteiger charge is -2.19. The molecule has 0 N–H and O–H groups in total. The standard InChI is InChI=1S/C24H20ClNO4/c1-29-22-12-9-19(25)14-21(22)26-15-18(13-23(26)27)24(28)30-20-10-7-17(8-11-20)16-5-3-2-4-6-16/h2-12,14,18H,13,15H2,1H3/t18-/m1/s1. The summed E-state index contributed by atoms with van der Waals surface area (Å²) >= 11 is 6.08. The molecule has 1 aliphatic heterocycles. The fraction of sp³-hybridized carbons (Fsp3) is 0.167. The molecular weight excluding hydrogens is 402 g/mol. The number of ether oxygens (including phenoxy) is 2. The van der Waals surface area contributed by atoms with Gasteiger partial charge in [0.05, 0.1) is 18.7 Å². The van der Waals surface area contributed by atoms with Crippen LogP contribution in [0.3, 0.4) is 0 Å². The smallest absolute Gasteiger partial charge is 0.316 e. The normalized spacial score (nSPS) is 15.9. The molecule has 0 aliphatic carbocycles. The Balaban J connectivity index is 1.45. The molecule has 0 bridgehead atoms. The van der Waals surface area contributed by atoms with Crippen molar-refractivity contribution in [2.45, 2.75) is 6.42 Å². The molecule has 0 saturated carbocycles. The van der Waals surface area contributed by atoms with Gasteiger partial charge in [-0.25, -0.2) is 0 Å². The van der Waals surface area contributed by atoms with Gasteiger partial charge in [-0.1, -0.05) is 54.1 Å². The molecule has 4 rings (SSSR count). The maximum absolute atomic E-state index is 12.7. The van der Waals surface area contributed by atoms with E-state index in [2.05, 4.69) is 0 Å². The van der Waals surface area contributed by atoms with Gasteiger partial charge in [0.2, 0.25) is 5.91 Å². The molecule has 1 saturated heterocycles. The van der Waals surface area contributed by atoms with E-state index in [-0.39, 0.29) is 18.9 Å². The Labute approximate surface area is 179 Å². The van der Waals surface area contributed by atoms with E-state index < -0.39 is 11.9 Å². The first-order chi connectivity index (χ1) is 14.5. The van der Waals surface area contributed by atoms with Crippen molar-refractivity contribution in [2.24, 2.45) is 5.92 Å². The summed E-state index contributed by atoms with van der Waals surface area (Å²) in [6.07, 6.45) is 0.0800. The zero-order valence-corrected chi connectivity index (χ0v) is 17.1. The highest BCUT2D eigenvalue weighted by Gasteiger charge is 2.37. The second-order valence-electron chi connectivity index (χ2n) is 7.03. The average molecular weight is 422 g/mol. The van der Waals surface area contributed by atoms with Gasteiger partial charge in [-0.15, -0.1) is 0 Å². The van der Waals surface area contributed by atoms with Gasteiger partial charge in [0, 0.05) is 18.0 Å².